The monoisotopic (exact) mass is 494 g/mol. The number of nitrogens with zero attached hydrogens (tertiary/aromatic N) is 2. The zero-order valence-electron chi connectivity index (χ0n) is 17.5. The molecule has 33 heavy (non-hydrogen) atoms. The number of rotatable bonds is 11. The quantitative estimate of drug-likeness (QED) is 0.155. The molecule has 4 rings (SSSR count). The Morgan fingerprint density at radius 1 is 0.606 bits per heavy atom. The fraction of sp³-hybridized carbons (Fsp3) is 0. The zero-order valence-corrected chi connectivity index (χ0v) is 20.3. The van der Waals surface area contributed by atoms with Crippen LogP contribution in [0, 0.1) is 0 Å². The van der Waals surface area contributed by atoms with Gasteiger partial charge in [-0.25, -0.2) is 0 Å². The first kappa shape index (κ1) is 23.2. The molecule has 9 heteroatoms. The third kappa shape index (κ3) is 7.82. The maximum Gasteiger partial charge on any atom is 0.348 e. The summed E-state index contributed by atoms with van der Waals surface area (Å²) in [4.78, 5) is 6.14. The van der Waals surface area contributed by atoms with Crippen molar-refractivity contribution in [2.45, 2.75) is 0 Å². The third-order valence-corrected chi connectivity index (χ3v) is 7.30. The summed E-state index contributed by atoms with van der Waals surface area (Å²) in [5.74, 6) is 2.77. The van der Waals surface area contributed by atoms with E-state index < -0.39 is 8.45 Å². The Labute approximate surface area is 197 Å². The Hall–Kier alpha value is -3.00. The number of para-hydroxylation sites is 4. The van der Waals surface area contributed by atoms with Crippen molar-refractivity contribution in [3.8, 4) is 23.0 Å². The Morgan fingerprint density at radius 3 is 1.67 bits per heavy atom. The van der Waals surface area contributed by atoms with E-state index in [-0.39, 0.29) is 8.96 Å². The molecule has 4 aromatic carbocycles. The van der Waals surface area contributed by atoms with Crippen molar-refractivity contribution in [3.05, 3.63) is 121 Å². The molecule has 2 atom stereocenters. The van der Waals surface area contributed by atoms with E-state index in [4.69, 9.17) is 18.4 Å². The van der Waals surface area contributed by atoms with Crippen molar-refractivity contribution in [2.24, 2.45) is 4.52 Å². The minimum atomic E-state index is -1.63. The van der Waals surface area contributed by atoms with Gasteiger partial charge in [0.2, 0.25) is 0 Å². The normalized spacial score (nSPS) is 12.2. The molecule has 0 radical (unpaired) electrons. The lowest BCUT2D eigenvalue weighted by atomic mass is 10.3. The minimum Gasteiger partial charge on any atom is -0.457 e. The van der Waals surface area contributed by atoms with E-state index in [2.05, 4.69) is 4.52 Å². The standard InChI is InChI=1S/C24H21N2O4P3/c1-5-13-21(14-6-1)27-26(32-29-23-17-9-3-10-18-23)33(30-24-19-11-4-12-20-24)25-31-28-22-15-7-2-8-16-22/h1-20,32H. The molecule has 166 valence electrons. The van der Waals surface area contributed by atoms with Gasteiger partial charge in [0.15, 0.2) is 8.96 Å². The fourth-order valence-electron chi connectivity index (χ4n) is 2.50. The fourth-order valence-corrected chi connectivity index (χ4v) is 5.44. The molecule has 0 amide bonds. The van der Waals surface area contributed by atoms with Gasteiger partial charge in [0.1, 0.15) is 23.0 Å². The van der Waals surface area contributed by atoms with E-state index in [9.17, 15) is 0 Å². The van der Waals surface area contributed by atoms with Gasteiger partial charge in [-0.1, -0.05) is 72.8 Å². The predicted molar refractivity (Wildman–Crippen MR) is 135 cm³/mol. The van der Waals surface area contributed by atoms with Gasteiger partial charge in [-0.3, -0.25) is 0 Å². The van der Waals surface area contributed by atoms with Crippen molar-refractivity contribution in [1.82, 2.24) is 4.60 Å². The summed E-state index contributed by atoms with van der Waals surface area (Å²) in [6.45, 7) is 0. The summed E-state index contributed by atoms with van der Waals surface area (Å²) < 4.78 is 24.2. The molecule has 0 bridgehead atoms. The highest BCUT2D eigenvalue weighted by Gasteiger charge is 2.26. The van der Waals surface area contributed by atoms with Crippen LogP contribution in [0.4, 0.5) is 0 Å². The summed E-state index contributed by atoms with van der Waals surface area (Å²) >= 11 is 0. The van der Waals surface area contributed by atoms with Gasteiger partial charge in [0, 0.05) is 0 Å². The average molecular weight is 494 g/mol. The highest BCUT2D eigenvalue weighted by molar-refractivity contribution is 7.60. The Balaban J connectivity index is 1.56. The van der Waals surface area contributed by atoms with Crippen LogP contribution in [-0.2, 0) is 0 Å². The summed E-state index contributed by atoms with van der Waals surface area (Å²) in [5.41, 5.74) is 0. The lowest BCUT2D eigenvalue weighted by Gasteiger charge is -2.25. The van der Waals surface area contributed by atoms with Gasteiger partial charge < -0.3 is 18.4 Å². The lowest BCUT2D eigenvalue weighted by Crippen LogP contribution is -2.15. The van der Waals surface area contributed by atoms with Gasteiger partial charge in [0.25, 0.3) is 8.60 Å². The molecule has 0 N–H and O–H groups in total. The van der Waals surface area contributed by atoms with Crippen molar-refractivity contribution in [2.75, 3.05) is 0 Å². The highest BCUT2D eigenvalue weighted by atomic mass is 31.2. The SMILES string of the molecule is c1ccc(OP=NP(Oc2ccccc2)N(Oc2ccccc2)POc2ccccc2)cc1. The van der Waals surface area contributed by atoms with E-state index in [1.807, 2.05) is 121 Å². The van der Waals surface area contributed by atoms with Crippen LogP contribution < -0.4 is 18.4 Å². The van der Waals surface area contributed by atoms with Crippen molar-refractivity contribution in [1.29, 1.82) is 0 Å². The molecule has 0 aromatic heterocycles. The number of benzene rings is 4. The van der Waals surface area contributed by atoms with E-state index in [1.165, 1.54) is 0 Å². The largest absolute Gasteiger partial charge is 0.457 e. The maximum absolute atomic E-state index is 6.21. The minimum absolute atomic E-state index is 0.203. The van der Waals surface area contributed by atoms with Gasteiger partial charge in [-0.2, -0.15) is 0 Å². The van der Waals surface area contributed by atoms with E-state index in [1.54, 1.807) is 4.60 Å². The smallest absolute Gasteiger partial charge is 0.348 e. The molecule has 0 fully saturated rings. The number of hydrogen-bond acceptors (Lipinski definition) is 6. The first-order chi connectivity index (χ1) is 16.4. The molecule has 0 saturated heterocycles. The van der Waals surface area contributed by atoms with E-state index in [0.29, 0.717) is 20.1 Å². The van der Waals surface area contributed by atoms with Crippen LogP contribution in [0.3, 0.4) is 0 Å². The zero-order chi connectivity index (χ0) is 22.6. The van der Waals surface area contributed by atoms with Crippen LogP contribution in [-0.4, -0.2) is 4.60 Å². The topological polar surface area (TPSA) is 52.5 Å². The number of hydrogen-bond donors (Lipinski definition) is 0. The molecule has 0 aliphatic rings. The average Bonchev–Trinajstić information content (AvgIpc) is 2.88. The first-order valence-electron chi connectivity index (χ1n) is 10.0. The summed E-state index contributed by atoms with van der Waals surface area (Å²) in [6.07, 6.45) is 0. The second-order valence-electron chi connectivity index (χ2n) is 6.42. The Bertz CT molecular complexity index is 1110. The third-order valence-electron chi connectivity index (χ3n) is 4.01. The summed E-state index contributed by atoms with van der Waals surface area (Å²) in [5, 5.41) is 0. The molecular formula is C24H21N2O4P3. The van der Waals surface area contributed by atoms with Gasteiger partial charge >= 0.3 is 8.45 Å². The van der Waals surface area contributed by atoms with Crippen molar-refractivity contribution >= 4 is 26.0 Å². The van der Waals surface area contributed by atoms with Crippen LogP contribution in [0.25, 0.3) is 0 Å². The molecule has 2 unspecified atom stereocenters. The van der Waals surface area contributed by atoms with E-state index in [0.717, 1.165) is 11.5 Å². The summed E-state index contributed by atoms with van der Waals surface area (Å²) in [6, 6.07) is 38.1. The second kappa shape index (κ2) is 12.9. The molecule has 4 aromatic rings. The van der Waals surface area contributed by atoms with Gasteiger partial charge in [-0.05, 0) is 53.1 Å². The predicted octanol–water partition coefficient (Wildman–Crippen LogP) is 8.30. The van der Waals surface area contributed by atoms with Crippen LogP contribution in [0.15, 0.2) is 126 Å². The maximum atomic E-state index is 6.21. The van der Waals surface area contributed by atoms with Crippen LogP contribution in [0.2, 0.25) is 0 Å². The lowest BCUT2D eigenvalue weighted by molar-refractivity contribution is 0.126. The Morgan fingerprint density at radius 2 is 1.09 bits per heavy atom. The van der Waals surface area contributed by atoms with Crippen LogP contribution >= 0.6 is 26.0 Å². The van der Waals surface area contributed by atoms with Gasteiger partial charge in [0.05, 0.1) is 0 Å². The molecule has 0 aliphatic heterocycles. The van der Waals surface area contributed by atoms with Crippen LogP contribution in [0.5, 0.6) is 23.0 Å². The molecule has 0 aliphatic carbocycles. The van der Waals surface area contributed by atoms with Gasteiger partial charge in [-0.15, -0.1) is 4.52 Å². The summed E-state index contributed by atoms with van der Waals surface area (Å²) in [7, 11) is -1.45. The second-order valence-corrected chi connectivity index (χ2v) is 9.70. The van der Waals surface area contributed by atoms with Crippen molar-refractivity contribution in [3.63, 3.8) is 0 Å². The first-order valence-corrected chi connectivity index (χ1v) is 12.8. The van der Waals surface area contributed by atoms with Crippen molar-refractivity contribution < 1.29 is 18.4 Å². The van der Waals surface area contributed by atoms with Crippen LogP contribution in [0.1, 0.15) is 0 Å². The Kier molecular flexibility index (Phi) is 9.05. The molecule has 0 saturated carbocycles. The molecule has 0 heterocycles. The molecule has 0 spiro atoms. The molecule has 6 nitrogen and oxygen atoms in total. The highest BCUT2D eigenvalue weighted by Crippen LogP contribution is 2.52. The van der Waals surface area contributed by atoms with E-state index >= 15 is 0 Å². The molecular weight excluding hydrogens is 473 g/mol.